The maximum atomic E-state index is 11.2. The second kappa shape index (κ2) is 4.86. The Morgan fingerprint density at radius 2 is 1.80 bits per heavy atom. The fourth-order valence-corrected chi connectivity index (χ4v) is 2.15. The molecule has 0 amide bonds. The Hall–Kier alpha value is -0.740. The molecule has 3 nitrogen and oxygen atoms in total. The average molecular weight is 226 g/mol. The molecule has 4 heteroatoms. The molecule has 0 radical (unpaired) electrons. The van der Waals surface area contributed by atoms with E-state index in [1.807, 2.05) is 14.0 Å². The Morgan fingerprint density at radius 3 is 2.27 bits per heavy atom. The molecule has 0 aliphatic rings. The number of anilines is 1. The van der Waals surface area contributed by atoms with Gasteiger partial charge in [-0.2, -0.15) is 0 Å². The lowest BCUT2D eigenvalue weighted by Crippen LogP contribution is -2.29. The highest BCUT2D eigenvalue weighted by Crippen LogP contribution is 2.20. The number of rotatable bonds is 5. The zero-order chi connectivity index (χ0) is 11.6. The van der Waals surface area contributed by atoms with Gasteiger partial charge in [0.25, 0.3) is 0 Å². The first kappa shape index (κ1) is 12.3. The lowest BCUT2D eigenvalue weighted by Gasteiger charge is -2.23. The topological polar surface area (TPSA) is 23.6 Å². The van der Waals surface area contributed by atoms with E-state index in [1.54, 1.807) is 0 Å². The third-order valence-electron chi connectivity index (χ3n) is 2.60. The van der Waals surface area contributed by atoms with Gasteiger partial charge in [-0.15, -0.1) is 0 Å². The summed E-state index contributed by atoms with van der Waals surface area (Å²) in [6.07, 6.45) is 1.08. The molecule has 1 aromatic rings. The van der Waals surface area contributed by atoms with Gasteiger partial charge >= 0.3 is 0 Å². The van der Waals surface area contributed by atoms with E-state index in [9.17, 15) is 4.79 Å². The third-order valence-corrected chi connectivity index (χ3v) is 2.98. The molecule has 0 fully saturated rings. The zero-order valence-electron chi connectivity index (χ0n) is 9.83. The van der Waals surface area contributed by atoms with E-state index < -0.39 is 0 Å². The van der Waals surface area contributed by atoms with Crippen molar-refractivity contribution in [2.24, 2.45) is 0 Å². The van der Waals surface area contributed by atoms with Gasteiger partial charge in [0, 0.05) is 19.2 Å². The number of hydrogen-bond acceptors (Lipinski definition) is 4. The first-order valence-electron chi connectivity index (χ1n) is 5.11. The van der Waals surface area contributed by atoms with Crippen molar-refractivity contribution < 1.29 is 0 Å². The van der Waals surface area contributed by atoms with Crippen LogP contribution in [0, 0.1) is 11.4 Å². The minimum absolute atomic E-state index is 0.0412. The van der Waals surface area contributed by atoms with Crippen molar-refractivity contribution in [3.63, 3.8) is 0 Å². The van der Waals surface area contributed by atoms with Crippen LogP contribution in [0.25, 0.3) is 0 Å². The monoisotopic (exact) mass is 226 g/mol. The van der Waals surface area contributed by atoms with Crippen molar-refractivity contribution in [3.05, 3.63) is 20.3 Å². The largest absolute Gasteiger partial charge is 0.373 e. The molecule has 0 heterocycles. The normalized spacial score (nSPS) is 11.3. The summed E-state index contributed by atoms with van der Waals surface area (Å²) >= 11 is 5.02. The molecular formula is C11H18N2OS. The van der Waals surface area contributed by atoms with Crippen LogP contribution in [0.3, 0.4) is 0 Å². The lowest BCUT2D eigenvalue weighted by molar-refractivity contribution is 0.401. The molecule has 15 heavy (non-hydrogen) atoms. The minimum Gasteiger partial charge on any atom is -0.373 e. The first-order chi connectivity index (χ1) is 6.95. The summed E-state index contributed by atoms with van der Waals surface area (Å²) in [5, 5.41) is 0. The van der Waals surface area contributed by atoms with Gasteiger partial charge in [-0.25, -0.2) is 0 Å². The molecule has 1 rings (SSSR count). The highest BCUT2D eigenvalue weighted by Gasteiger charge is 2.16. The Balaban J connectivity index is 2.52. The predicted octanol–water partition coefficient (Wildman–Crippen LogP) is 1.35. The highest BCUT2D eigenvalue weighted by molar-refractivity contribution is 7.71. The molecule has 1 aromatic carbocycles. The van der Waals surface area contributed by atoms with E-state index in [4.69, 9.17) is 12.2 Å². The Morgan fingerprint density at radius 1 is 1.20 bits per heavy atom. The van der Waals surface area contributed by atoms with E-state index in [0.717, 1.165) is 30.8 Å². The molecule has 0 atom stereocenters. The fraction of sp³-hybridized carbons (Fsp3) is 0.636. The van der Waals surface area contributed by atoms with Gasteiger partial charge in [0.2, 0.25) is 5.43 Å². The van der Waals surface area contributed by atoms with Gasteiger partial charge in [0.15, 0.2) is 0 Å². The lowest BCUT2D eigenvalue weighted by atomic mass is 10.1. The molecule has 0 aliphatic heterocycles. The van der Waals surface area contributed by atoms with Gasteiger partial charge in [0.1, 0.15) is 4.51 Å². The third kappa shape index (κ3) is 2.63. The van der Waals surface area contributed by atoms with Crippen molar-refractivity contribution in [1.82, 2.24) is 4.90 Å². The summed E-state index contributed by atoms with van der Waals surface area (Å²) in [5.41, 5.74) is 1.82. The molecular weight excluding hydrogens is 208 g/mol. The van der Waals surface area contributed by atoms with Gasteiger partial charge in [0.05, 0.1) is 5.69 Å². The summed E-state index contributed by atoms with van der Waals surface area (Å²) in [5.74, 6) is 0. The van der Waals surface area contributed by atoms with Gasteiger partial charge in [-0.1, -0.05) is 12.2 Å². The van der Waals surface area contributed by atoms with Crippen molar-refractivity contribution in [2.45, 2.75) is 13.3 Å². The quantitative estimate of drug-likeness (QED) is 0.707. The first-order valence-corrected chi connectivity index (χ1v) is 5.51. The molecule has 0 unspecified atom stereocenters. The summed E-state index contributed by atoms with van der Waals surface area (Å²) in [6.45, 7) is 3.84. The minimum atomic E-state index is 0.0412. The van der Waals surface area contributed by atoms with E-state index >= 15 is 0 Å². The second-order valence-corrected chi connectivity index (χ2v) is 4.62. The molecule has 84 valence electrons. The molecule has 0 spiro atoms. The predicted molar refractivity (Wildman–Crippen MR) is 67.1 cm³/mol. The van der Waals surface area contributed by atoms with Gasteiger partial charge in [-0.3, -0.25) is 4.79 Å². The van der Waals surface area contributed by atoms with E-state index in [0.29, 0.717) is 4.51 Å². The zero-order valence-corrected chi connectivity index (χ0v) is 10.6. The van der Waals surface area contributed by atoms with Crippen molar-refractivity contribution >= 4 is 17.9 Å². The van der Waals surface area contributed by atoms with Crippen LogP contribution < -0.4 is 10.3 Å². The molecule has 0 aliphatic carbocycles. The highest BCUT2D eigenvalue weighted by atomic mass is 32.1. The SMILES string of the molecule is Cc1c(N(C)CCCN(C)C)c(=S)c1=O. The van der Waals surface area contributed by atoms with Crippen LogP contribution in [-0.4, -0.2) is 39.1 Å². The Bertz CT molecular complexity index is 405. The standard InChI is InChI=1S/C11H18N2OS/c1-8-9(11(15)10(8)14)13(4)7-5-6-12(2)3/h5-7H2,1-4H3. The molecule has 0 saturated heterocycles. The van der Waals surface area contributed by atoms with E-state index in [-0.39, 0.29) is 5.43 Å². The Kier molecular flexibility index (Phi) is 3.99. The van der Waals surface area contributed by atoms with Crippen LogP contribution in [0.4, 0.5) is 5.69 Å². The number of nitrogens with zero attached hydrogens (tertiary/aromatic N) is 2. The summed E-state index contributed by atoms with van der Waals surface area (Å²) in [7, 11) is 6.11. The maximum Gasteiger partial charge on any atom is 0.203 e. The van der Waals surface area contributed by atoms with Crippen molar-refractivity contribution in [1.29, 1.82) is 0 Å². The summed E-state index contributed by atoms with van der Waals surface area (Å²) < 4.78 is 0.500. The van der Waals surface area contributed by atoms with E-state index in [2.05, 4.69) is 23.9 Å². The summed E-state index contributed by atoms with van der Waals surface area (Å²) in [6, 6.07) is 0. The van der Waals surface area contributed by atoms with E-state index in [1.165, 1.54) is 0 Å². The van der Waals surface area contributed by atoms with Crippen LogP contribution in [0.1, 0.15) is 12.0 Å². The van der Waals surface area contributed by atoms with Crippen LogP contribution >= 0.6 is 12.2 Å². The molecule has 0 bridgehead atoms. The summed E-state index contributed by atoms with van der Waals surface area (Å²) in [4.78, 5) is 15.5. The van der Waals surface area contributed by atoms with Gasteiger partial charge in [-0.05, 0) is 34.0 Å². The van der Waals surface area contributed by atoms with Crippen LogP contribution in [0.15, 0.2) is 4.79 Å². The average Bonchev–Trinajstić information content (AvgIpc) is 2.17. The van der Waals surface area contributed by atoms with Crippen molar-refractivity contribution in [2.75, 3.05) is 39.1 Å². The van der Waals surface area contributed by atoms with Crippen LogP contribution in [0.5, 0.6) is 0 Å². The fourth-order valence-electron chi connectivity index (χ4n) is 1.69. The Labute approximate surface area is 96.0 Å². The molecule has 0 aromatic heterocycles. The number of hydrogen-bond donors (Lipinski definition) is 0. The van der Waals surface area contributed by atoms with Crippen LogP contribution in [-0.2, 0) is 0 Å². The van der Waals surface area contributed by atoms with Gasteiger partial charge < -0.3 is 9.80 Å². The second-order valence-electron chi connectivity index (χ2n) is 4.21. The molecule has 0 saturated carbocycles. The van der Waals surface area contributed by atoms with Crippen LogP contribution in [0.2, 0.25) is 0 Å². The molecule has 0 N–H and O–H groups in total. The smallest absolute Gasteiger partial charge is 0.203 e. The maximum absolute atomic E-state index is 11.2. The van der Waals surface area contributed by atoms with Crippen molar-refractivity contribution in [3.8, 4) is 0 Å².